The van der Waals surface area contributed by atoms with Gasteiger partial charge in [-0.05, 0) is 49.8 Å². The second kappa shape index (κ2) is 10.8. The maximum atomic E-state index is 12.7. The Morgan fingerprint density at radius 2 is 1.97 bits per heavy atom. The van der Waals surface area contributed by atoms with Gasteiger partial charge in [0.25, 0.3) is 0 Å². The van der Waals surface area contributed by atoms with Gasteiger partial charge in [-0.15, -0.1) is 0 Å². The molecule has 1 amide bonds. The highest BCUT2D eigenvalue weighted by molar-refractivity contribution is 5.76. The lowest BCUT2D eigenvalue weighted by molar-refractivity contribution is -0.123. The van der Waals surface area contributed by atoms with Crippen LogP contribution in [0.1, 0.15) is 74.7 Å². The van der Waals surface area contributed by atoms with Crippen molar-refractivity contribution in [3.8, 4) is 11.5 Å². The van der Waals surface area contributed by atoms with E-state index in [1.807, 2.05) is 18.2 Å². The summed E-state index contributed by atoms with van der Waals surface area (Å²) < 4.78 is 16.4. The van der Waals surface area contributed by atoms with E-state index in [0.717, 1.165) is 37.7 Å². The van der Waals surface area contributed by atoms with Crippen LogP contribution < -0.4 is 14.8 Å². The van der Waals surface area contributed by atoms with Gasteiger partial charge >= 0.3 is 0 Å². The minimum absolute atomic E-state index is 0.0358. The van der Waals surface area contributed by atoms with Gasteiger partial charge < -0.3 is 24.4 Å². The Labute approximate surface area is 188 Å². The molecule has 0 bridgehead atoms. The van der Waals surface area contributed by atoms with Gasteiger partial charge in [-0.1, -0.05) is 36.9 Å². The van der Waals surface area contributed by atoms with Gasteiger partial charge in [0.2, 0.25) is 11.8 Å². The number of nitrogens with zero attached hydrogens (tertiary/aromatic N) is 2. The van der Waals surface area contributed by atoms with Gasteiger partial charge in [-0.25, -0.2) is 0 Å². The third-order valence-electron chi connectivity index (χ3n) is 6.31. The molecule has 2 aliphatic rings. The molecule has 2 aromatic rings. The Kier molecular flexibility index (Phi) is 7.63. The van der Waals surface area contributed by atoms with E-state index in [1.165, 1.54) is 12.8 Å². The van der Waals surface area contributed by atoms with Crippen LogP contribution in [-0.2, 0) is 11.2 Å². The van der Waals surface area contributed by atoms with E-state index in [9.17, 15) is 9.90 Å². The van der Waals surface area contributed by atoms with Crippen molar-refractivity contribution < 1.29 is 23.9 Å². The molecule has 8 nitrogen and oxygen atoms in total. The predicted molar refractivity (Wildman–Crippen MR) is 117 cm³/mol. The SMILES string of the molecule is Cc1noc(CCCCC(=O)N[C@@H](CC2CCCC2)[C@H](O)c2ccc3c(c2)OCCO3)n1. The molecule has 8 heteroatoms. The van der Waals surface area contributed by atoms with Gasteiger partial charge in [-0.3, -0.25) is 4.79 Å². The molecule has 2 N–H and O–H groups in total. The summed E-state index contributed by atoms with van der Waals surface area (Å²) in [6.45, 7) is 2.82. The lowest BCUT2D eigenvalue weighted by Gasteiger charge is -2.28. The maximum Gasteiger partial charge on any atom is 0.226 e. The minimum Gasteiger partial charge on any atom is -0.486 e. The first-order valence-electron chi connectivity index (χ1n) is 11.7. The summed E-state index contributed by atoms with van der Waals surface area (Å²) in [4.78, 5) is 16.9. The fraction of sp³-hybridized carbons (Fsp3) is 0.625. The number of hydrogen-bond acceptors (Lipinski definition) is 7. The van der Waals surface area contributed by atoms with Gasteiger partial charge in [-0.2, -0.15) is 4.98 Å². The van der Waals surface area contributed by atoms with Crippen molar-refractivity contribution in [3.63, 3.8) is 0 Å². The lowest BCUT2D eigenvalue weighted by atomic mass is 9.91. The van der Waals surface area contributed by atoms with Gasteiger partial charge in [0.1, 0.15) is 13.2 Å². The number of benzene rings is 1. The van der Waals surface area contributed by atoms with Crippen molar-refractivity contribution in [1.82, 2.24) is 15.5 Å². The van der Waals surface area contributed by atoms with E-state index < -0.39 is 6.10 Å². The summed E-state index contributed by atoms with van der Waals surface area (Å²) in [5, 5.41) is 18.1. The minimum atomic E-state index is -0.795. The number of carbonyl (C=O) groups excluding carboxylic acids is 1. The standard InChI is InChI=1S/C24H33N3O5/c1-16-25-23(32-27-16)9-5-4-8-22(28)26-19(14-17-6-2-3-7-17)24(29)18-10-11-20-21(15-18)31-13-12-30-20/h10-11,15,17,19,24,29H,2-9,12-14H2,1H3,(H,26,28)/t19-,24+/m0/s1. The van der Waals surface area contributed by atoms with E-state index in [4.69, 9.17) is 14.0 Å². The highest BCUT2D eigenvalue weighted by atomic mass is 16.6. The average molecular weight is 444 g/mol. The van der Waals surface area contributed by atoms with Crippen LogP contribution in [0.5, 0.6) is 11.5 Å². The zero-order valence-corrected chi connectivity index (χ0v) is 18.7. The third kappa shape index (κ3) is 6.00. The molecule has 1 aliphatic carbocycles. The van der Waals surface area contributed by atoms with Crippen LogP contribution in [0, 0.1) is 12.8 Å². The smallest absolute Gasteiger partial charge is 0.226 e. The Balaban J connectivity index is 1.34. The highest BCUT2D eigenvalue weighted by Gasteiger charge is 2.28. The Morgan fingerprint density at radius 3 is 2.72 bits per heavy atom. The zero-order valence-electron chi connectivity index (χ0n) is 18.7. The second-order valence-corrected chi connectivity index (χ2v) is 8.85. The summed E-state index contributed by atoms with van der Waals surface area (Å²) in [6.07, 6.45) is 7.34. The first-order valence-corrected chi connectivity index (χ1v) is 11.7. The topological polar surface area (TPSA) is 107 Å². The molecular weight excluding hydrogens is 410 g/mol. The molecule has 2 atom stereocenters. The normalized spacial score (nSPS) is 17.8. The van der Waals surface area contributed by atoms with Crippen LogP contribution in [0.25, 0.3) is 0 Å². The number of aryl methyl sites for hydroxylation is 2. The van der Waals surface area contributed by atoms with Crippen molar-refractivity contribution in [2.45, 2.75) is 76.9 Å². The van der Waals surface area contributed by atoms with E-state index in [0.29, 0.717) is 55.2 Å². The monoisotopic (exact) mass is 443 g/mol. The Bertz CT molecular complexity index is 894. The van der Waals surface area contributed by atoms with Gasteiger partial charge in [0.15, 0.2) is 17.3 Å². The molecule has 1 aliphatic heterocycles. The van der Waals surface area contributed by atoms with Crippen molar-refractivity contribution >= 4 is 5.91 Å². The first-order chi connectivity index (χ1) is 15.6. The number of unbranched alkanes of at least 4 members (excludes halogenated alkanes) is 1. The van der Waals surface area contributed by atoms with Crippen LogP contribution in [0.15, 0.2) is 22.7 Å². The fourth-order valence-corrected chi connectivity index (χ4v) is 4.63. The summed E-state index contributed by atoms with van der Waals surface area (Å²) >= 11 is 0. The van der Waals surface area contributed by atoms with Gasteiger partial charge in [0.05, 0.1) is 12.1 Å². The number of aliphatic hydroxyl groups excluding tert-OH is 1. The third-order valence-corrected chi connectivity index (χ3v) is 6.31. The van der Waals surface area contributed by atoms with E-state index >= 15 is 0 Å². The molecule has 2 heterocycles. The predicted octanol–water partition coefficient (Wildman–Crippen LogP) is 3.66. The Morgan fingerprint density at radius 1 is 1.19 bits per heavy atom. The summed E-state index contributed by atoms with van der Waals surface area (Å²) in [7, 11) is 0. The second-order valence-electron chi connectivity index (χ2n) is 8.85. The van der Waals surface area contributed by atoms with Crippen LogP contribution in [0.4, 0.5) is 0 Å². The molecule has 4 rings (SSSR count). The van der Waals surface area contributed by atoms with Crippen LogP contribution in [0.2, 0.25) is 0 Å². The van der Waals surface area contributed by atoms with Crippen LogP contribution in [0.3, 0.4) is 0 Å². The lowest BCUT2D eigenvalue weighted by Crippen LogP contribution is -2.40. The maximum absolute atomic E-state index is 12.7. The van der Waals surface area contributed by atoms with Crippen molar-refractivity contribution in [2.24, 2.45) is 5.92 Å². The quantitative estimate of drug-likeness (QED) is 0.540. The van der Waals surface area contributed by atoms with E-state index in [-0.39, 0.29) is 11.9 Å². The van der Waals surface area contributed by atoms with Crippen LogP contribution >= 0.6 is 0 Å². The van der Waals surface area contributed by atoms with E-state index in [1.54, 1.807) is 6.92 Å². The number of aliphatic hydroxyl groups is 1. The zero-order chi connectivity index (χ0) is 22.3. The number of fused-ring (bicyclic) bond motifs is 1. The molecule has 174 valence electrons. The summed E-state index contributed by atoms with van der Waals surface area (Å²) in [5.74, 6) is 3.07. The molecule has 1 aromatic carbocycles. The molecule has 0 spiro atoms. The highest BCUT2D eigenvalue weighted by Crippen LogP contribution is 2.36. The molecule has 1 aromatic heterocycles. The number of carbonyl (C=O) groups is 1. The number of hydrogen-bond donors (Lipinski definition) is 2. The van der Waals surface area contributed by atoms with Crippen molar-refractivity contribution in [3.05, 3.63) is 35.5 Å². The molecule has 1 saturated carbocycles. The molecule has 0 saturated heterocycles. The summed E-state index contributed by atoms with van der Waals surface area (Å²) in [6, 6.07) is 5.20. The number of ether oxygens (including phenoxy) is 2. The first kappa shape index (κ1) is 22.6. The van der Waals surface area contributed by atoms with Gasteiger partial charge in [0, 0.05) is 12.8 Å². The molecule has 0 radical (unpaired) electrons. The Hall–Kier alpha value is -2.61. The molecular formula is C24H33N3O5. The van der Waals surface area contributed by atoms with E-state index in [2.05, 4.69) is 15.5 Å². The van der Waals surface area contributed by atoms with Crippen molar-refractivity contribution in [2.75, 3.05) is 13.2 Å². The number of nitrogens with one attached hydrogen (secondary N) is 1. The average Bonchev–Trinajstić information content (AvgIpc) is 3.47. The number of rotatable bonds is 10. The molecule has 0 unspecified atom stereocenters. The number of aromatic nitrogens is 2. The summed E-state index contributed by atoms with van der Waals surface area (Å²) in [5.41, 5.74) is 0.740. The fourth-order valence-electron chi connectivity index (χ4n) is 4.63. The van der Waals surface area contributed by atoms with Crippen LogP contribution in [-0.4, -0.2) is 40.4 Å². The van der Waals surface area contributed by atoms with Crippen molar-refractivity contribution in [1.29, 1.82) is 0 Å². The number of amides is 1. The largest absolute Gasteiger partial charge is 0.486 e. The molecule has 32 heavy (non-hydrogen) atoms. The molecule has 1 fully saturated rings.